The molecule has 0 saturated carbocycles. The second kappa shape index (κ2) is 12.4. The SMILES string of the molecule is CCOC(=O)C(Cc1ccc(N=C2C3C=C(OC)C(OC)=C[C@@H]3N=CN2Cl)cc1)Nc1c(OC(C)C)c(=O)c1=O. The number of rotatable bonds is 11. The molecule has 1 aliphatic carbocycles. The molecule has 0 saturated heterocycles. The minimum absolute atomic E-state index is 0.0165. The van der Waals surface area contributed by atoms with E-state index in [-0.39, 0.29) is 42.5 Å². The molecule has 3 atom stereocenters. The van der Waals surface area contributed by atoms with Gasteiger partial charge in [-0.05, 0) is 50.6 Å². The first kappa shape index (κ1) is 28.9. The number of hydrogen-bond donors (Lipinski definition) is 1. The molecule has 0 bridgehead atoms. The van der Waals surface area contributed by atoms with Crippen LogP contribution in [0.2, 0.25) is 0 Å². The Balaban J connectivity index is 1.55. The minimum atomic E-state index is -0.912. The lowest BCUT2D eigenvalue weighted by Crippen LogP contribution is -2.42. The Kier molecular flexibility index (Phi) is 8.93. The fraction of sp³-hybridized carbons (Fsp3) is 0.393. The molecule has 0 amide bonds. The lowest BCUT2D eigenvalue weighted by atomic mass is 9.91. The topological polar surface area (TPSA) is 128 Å². The van der Waals surface area contributed by atoms with E-state index in [2.05, 4.69) is 10.3 Å². The molecular weight excluding hydrogens is 540 g/mol. The third-order valence-corrected chi connectivity index (χ3v) is 6.55. The van der Waals surface area contributed by atoms with E-state index in [1.165, 1.54) is 10.8 Å². The molecule has 12 heteroatoms. The van der Waals surface area contributed by atoms with Gasteiger partial charge in [-0.25, -0.2) is 14.2 Å². The summed E-state index contributed by atoms with van der Waals surface area (Å²) in [6.45, 7) is 5.34. The van der Waals surface area contributed by atoms with E-state index >= 15 is 0 Å². The molecule has 1 heterocycles. The van der Waals surface area contributed by atoms with Crippen molar-refractivity contribution in [1.82, 2.24) is 4.42 Å². The molecule has 2 aromatic rings. The number of nitrogens with zero attached hydrogens (tertiary/aromatic N) is 3. The first-order chi connectivity index (χ1) is 19.2. The maximum atomic E-state index is 12.7. The number of carbonyl (C=O) groups excluding carboxylic acids is 1. The van der Waals surface area contributed by atoms with Crippen molar-refractivity contribution in [3.63, 3.8) is 0 Å². The predicted molar refractivity (Wildman–Crippen MR) is 152 cm³/mol. The van der Waals surface area contributed by atoms with E-state index in [0.29, 0.717) is 23.0 Å². The van der Waals surface area contributed by atoms with Gasteiger partial charge in [0.1, 0.15) is 23.9 Å². The first-order valence-electron chi connectivity index (χ1n) is 12.8. The number of esters is 1. The Morgan fingerprint density at radius 3 is 2.40 bits per heavy atom. The van der Waals surface area contributed by atoms with Crippen molar-refractivity contribution >= 4 is 41.3 Å². The number of nitrogens with one attached hydrogen (secondary N) is 1. The largest absolute Gasteiger partial charge is 0.493 e. The Labute approximate surface area is 236 Å². The van der Waals surface area contributed by atoms with Crippen LogP contribution >= 0.6 is 11.8 Å². The van der Waals surface area contributed by atoms with E-state index in [0.717, 1.165) is 5.56 Å². The van der Waals surface area contributed by atoms with Gasteiger partial charge in [0.25, 0.3) is 10.9 Å². The molecule has 0 fully saturated rings. The highest BCUT2D eigenvalue weighted by molar-refractivity contribution is 6.29. The van der Waals surface area contributed by atoms with Crippen molar-refractivity contribution in [3.8, 4) is 5.75 Å². The van der Waals surface area contributed by atoms with Gasteiger partial charge in [-0.3, -0.25) is 14.6 Å². The van der Waals surface area contributed by atoms with Crippen molar-refractivity contribution in [2.24, 2.45) is 15.9 Å². The van der Waals surface area contributed by atoms with Crippen LogP contribution in [0.1, 0.15) is 26.3 Å². The number of aliphatic imine (C=N–C) groups is 2. The maximum Gasteiger partial charge on any atom is 0.328 e. The van der Waals surface area contributed by atoms with Gasteiger partial charge in [-0.2, -0.15) is 0 Å². The van der Waals surface area contributed by atoms with Crippen molar-refractivity contribution in [1.29, 1.82) is 0 Å². The average molecular weight is 571 g/mol. The van der Waals surface area contributed by atoms with Crippen LogP contribution in [0, 0.1) is 5.92 Å². The summed E-state index contributed by atoms with van der Waals surface area (Å²) in [5.74, 6) is 0.813. The zero-order chi connectivity index (χ0) is 29.0. The van der Waals surface area contributed by atoms with Crippen LogP contribution in [-0.4, -0.2) is 61.6 Å². The Hall–Kier alpha value is -4.12. The lowest BCUT2D eigenvalue weighted by Gasteiger charge is -2.32. The molecular formula is C28H31ClN4O7. The van der Waals surface area contributed by atoms with E-state index < -0.39 is 22.9 Å². The number of fused-ring (bicyclic) bond motifs is 1. The second-order valence-electron chi connectivity index (χ2n) is 9.38. The maximum absolute atomic E-state index is 12.7. The summed E-state index contributed by atoms with van der Waals surface area (Å²) in [7, 11) is 3.13. The summed E-state index contributed by atoms with van der Waals surface area (Å²) >= 11 is 6.42. The van der Waals surface area contributed by atoms with Crippen LogP contribution in [-0.2, 0) is 25.4 Å². The fourth-order valence-corrected chi connectivity index (χ4v) is 4.58. The van der Waals surface area contributed by atoms with Crippen LogP contribution in [0.5, 0.6) is 5.75 Å². The van der Waals surface area contributed by atoms with E-state index in [4.69, 9.17) is 35.7 Å². The molecule has 11 nitrogen and oxygen atoms in total. The molecule has 212 valence electrons. The summed E-state index contributed by atoms with van der Waals surface area (Å²) < 4.78 is 22.8. The standard InChI is InChI=1S/C28H31ClN4O7/c1-6-39-28(36)20(32-23-24(34)25(35)26(23)40-15(2)3)11-16-7-9-17(10-8-16)31-27-18-12-21(37-4)22(38-5)13-19(18)30-14-33(27)29/h7-10,12-15,18-20,32H,6,11H2,1-5H3/t18?,19-,20?/m0/s1. The number of carbonyl (C=O) groups is 1. The van der Waals surface area contributed by atoms with Gasteiger partial charge >= 0.3 is 5.97 Å². The molecule has 0 spiro atoms. The first-order valence-corrected chi connectivity index (χ1v) is 13.1. The Morgan fingerprint density at radius 2 is 1.77 bits per heavy atom. The van der Waals surface area contributed by atoms with Crippen molar-refractivity contribution < 1.29 is 23.7 Å². The van der Waals surface area contributed by atoms with Crippen LogP contribution in [0.15, 0.2) is 67.5 Å². The summed E-state index contributed by atoms with van der Waals surface area (Å²) in [5.41, 5.74) is -0.0561. The van der Waals surface area contributed by atoms with Gasteiger partial charge < -0.3 is 24.3 Å². The number of ether oxygens (including phenoxy) is 4. The number of methoxy groups -OCH3 is 2. The summed E-state index contributed by atoms with van der Waals surface area (Å²) in [6, 6.07) is 6.05. The lowest BCUT2D eigenvalue weighted by molar-refractivity contribution is -0.144. The predicted octanol–water partition coefficient (Wildman–Crippen LogP) is 3.24. The highest BCUT2D eigenvalue weighted by atomic mass is 35.5. The minimum Gasteiger partial charge on any atom is -0.493 e. The molecule has 0 aromatic heterocycles. The Bertz CT molecular complexity index is 1440. The molecule has 40 heavy (non-hydrogen) atoms. The van der Waals surface area contributed by atoms with E-state index in [1.807, 2.05) is 24.3 Å². The number of anilines is 1. The zero-order valence-electron chi connectivity index (χ0n) is 22.8. The van der Waals surface area contributed by atoms with Gasteiger partial charge in [0.2, 0.25) is 0 Å². The van der Waals surface area contributed by atoms with Crippen LogP contribution in [0.3, 0.4) is 0 Å². The van der Waals surface area contributed by atoms with E-state index in [1.54, 1.807) is 47.1 Å². The monoisotopic (exact) mass is 570 g/mol. The summed E-state index contributed by atoms with van der Waals surface area (Å²) in [5, 5.41) is 2.87. The average Bonchev–Trinajstić information content (AvgIpc) is 2.95. The smallest absolute Gasteiger partial charge is 0.328 e. The molecule has 4 rings (SSSR count). The molecule has 2 aromatic carbocycles. The van der Waals surface area contributed by atoms with Gasteiger partial charge in [0.05, 0.1) is 44.6 Å². The third-order valence-electron chi connectivity index (χ3n) is 6.29. The number of benzene rings is 1. The molecule has 1 N–H and O–H groups in total. The van der Waals surface area contributed by atoms with Gasteiger partial charge in [0, 0.05) is 18.2 Å². The molecule has 2 unspecified atom stereocenters. The second-order valence-corrected chi connectivity index (χ2v) is 9.74. The number of halogens is 1. The summed E-state index contributed by atoms with van der Waals surface area (Å²) in [4.78, 5) is 46.1. The highest BCUT2D eigenvalue weighted by Gasteiger charge is 2.35. The van der Waals surface area contributed by atoms with Crippen molar-refractivity contribution in [3.05, 3.63) is 73.9 Å². The number of hydrogen-bond acceptors (Lipinski definition) is 10. The number of amidine groups is 1. The van der Waals surface area contributed by atoms with Crippen LogP contribution < -0.4 is 20.9 Å². The molecule has 0 radical (unpaired) electrons. The van der Waals surface area contributed by atoms with Crippen LogP contribution in [0.25, 0.3) is 0 Å². The molecule has 1 aliphatic heterocycles. The van der Waals surface area contributed by atoms with Crippen molar-refractivity contribution in [2.75, 3.05) is 26.1 Å². The fourth-order valence-electron chi connectivity index (χ4n) is 4.38. The van der Waals surface area contributed by atoms with Gasteiger partial charge in [-0.15, -0.1) is 0 Å². The van der Waals surface area contributed by atoms with E-state index in [9.17, 15) is 14.4 Å². The van der Waals surface area contributed by atoms with Gasteiger partial charge in [-0.1, -0.05) is 12.1 Å². The van der Waals surface area contributed by atoms with Gasteiger partial charge in [0.15, 0.2) is 17.3 Å². The zero-order valence-corrected chi connectivity index (χ0v) is 23.6. The van der Waals surface area contributed by atoms with Crippen molar-refractivity contribution in [2.45, 2.75) is 45.4 Å². The quantitative estimate of drug-likeness (QED) is 0.246. The van der Waals surface area contributed by atoms with Crippen LogP contribution in [0.4, 0.5) is 11.4 Å². The highest BCUT2D eigenvalue weighted by Crippen LogP contribution is 2.32. The Morgan fingerprint density at radius 1 is 1.10 bits per heavy atom. The third kappa shape index (κ3) is 6.04. The summed E-state index contributed by atoms with van der Waals surface area (Å²) in [6.07, 6.45) is 5.12. The molecule has 2 aliphatic rings. The normalized spacial score (nSPS) is 20.1.